The van der Waals surface area contributed by atoms with E-state index in [-0.39, 0.29) is 66.5 Å². The molecule has 0 bridgehead atoms. The van der Waals surface area contributed by atoms with E-state index in [1.54, 1.807) is 0 Å². The fourth-order valence-electron chi connectivity index (χ4n) is 13.6. The van der Waals surface area contributed by atoms with Crippen LogP contribution in [0.25, 0.3) is 27.5 Å². The summed E-state index contributed by atoms with van der Waals surface area (Å²) in [6.07, 6.45) is 0. The Kier molecular flexibility index (Phi) is 8.01. The smallest absolute Gasteiger partial charge is 0.203 e. The third kappa shape index (κ3) is 4.72. The molecule has 0 saturated carbocycles. The predicted octanol–water partition coefficient (Wildman–Crippen LogP) is 12.7. The zero-order valence-corrected chi connectivity index (χ0v) is 46.0. The number of hydrogen-bond acceptors (Lipinski definition) is 10. The van der Waals surface area contributed by atoms with E-state index >= 15 is 0 Å². The number of ether oxygens (including phenoxy) is 1. The number of guanidine groups is 3. The Morgan fingerprint density at radius 1 is 0.353 bits per heavy atom. The number of nitrogens with zero attached hydrogens (tertiary/aromatic N) is 10. The Balaban J connectivity index is 1.15. The first-order chi connectivity index (χ1) is 30.8. The van der Waals surface area contributed by atoms with Gasteiger partial charge in [-0.3, -0.25) is 0 Å². The molecule has 3 aromatic carbocycles. The van der Waals surface area contributed by atoms with E-state index in [0.29, 0.717) is 0 Å². The summed E-state index contributed by atoms with van der Waals surface area (Å²) in [5.74, 6) is 4.74. The number of aliphatic imine (C=N–C) groups is 3. The van der Waals surface area contributed by atoms with Crippen LogP contribution in [-0.2, 0) is 0 Å². The van der Waals surface area contributed by atoms with Gasteiger partial charge in [0.2, 0.25) is 17.9 Å². The highest BCUT2D eigenvalue weighted by molar-refractivity contribution is 6.17. The van der Waals surface area contributed by atoms with Crippen molar-refractivity contribution in [1.82, 2.24) is 19.3 Å². The molecular weight excluding hydrogens is 841 g/mol. The van der Waals surface area contributed by atoms with Gasteiger partial charge in [-0.2, -0.15) is 0 Å². The molecule has 68 heavy (non-hydrogen) atoms. The summed E-state index contributed by atoms with van der Waals surface area (Å²) in [5.41, 5.74) is 3.48. The summed E-state index contributed by atoms with van der Waals surface area (Å²) in [5, 5.41) is 2.33. The minimum Gasteiger partial charge on any atom is -0.453 e. The monoisotopic (exact) mass is 921 g/mol. The second-order valence-electron chi connectivity index (χ2n) is 27.6. The average molecular weight is 921 g/mol. The molecule has 11 rings (SSSR count). The van der Waals surface area contributed by atoms with Crippen molar-refractivity contribution in [2.24, 2.45) is 15.0 Å². The van der Waals surface area contributed by atoms with Crippen molar-refractivity contribution in [3.05, 3.63) is 48.5 Å². The fourth-order valence-corrected chi connectivity index (χ4v) is 13.6. The molecule has 364 valence electrons. The zero-order valence-electron chi connectivity index (χ0n) is 46.0. The first kappa shape index (κ1) is 45.5. The topological polar surface area (TPSA) is 70.7 Å². The maximum absolute atomic E-state index is 7.38. The summed E-state index contributed by atoms with van der Waals surface area (Å²) in [6, 6.07) is 18.6. The molecular formula is C57H80N10O. The molecule has 0 radical (unpaired) electrons. The number of anilines is 3. The van der Waals surface area contributed by atoms with E-state index in [1.807, 2.05) is 0 Å². The van der Waals surface area contributed by atoms with Crippen LogP contribution in [0, 0.1) is 0 Å². The zero-order chi connectivity index (χ0) is 50.0. The van der Waals surface area contributed by atoms with Gasteiger partial charge >= 0.3 is 0 Å². The first-order valence-corrected chi connectivity index (χ1v) is 25.3. The first-order valence-electron chi connectivity index (χ1n) is 25.3. The van der Waals surface area contributed by atoms with E-state index in [1.165, 1.54) is 5.39 Å². The Hall–Kier alpha value is -4.93. The van der Waals surface area contributed by atoms with Gasteiger partial charge in [-0.05, 0) is 203 Å². The Morgan fingerprint density at radius 2 is 0.706 bits per heavy atom. The molecule has 0 atom stereocenters. The minimum atomic E-state index is -0.332. The lowest BCUT2D eigenvalue weighted by atomic mass is 9.76. The van der Waals surface area contributed by atoms with Crippen LogP contribution in [-0.4, -0.2) is 104 Å². The van der Waals surface area contributed by atoms with Crippen LogP contribution >= 0.6 is 0 Å². The third-order valence-corrected chi connectivity index (χ3v) is 21.3. The van der Waals surface area contributed by atoms with Crippen LogP contribution in [0.15, 0.2) is 63.5 Å². The van der Waals surface area contributed by atoms with Crippen LogP contribution < -0.4 is 19.4 Å². The second kappa shape index (κ2) is 12.0. The van der Waals surface area contributed by atoms with Crippen LogP contribution in [0.1, 0.15) is 166 Å². The molecule has 0 aliphatic carbocycles. The standard InChI is InChI=1S/C57H80N10O/c1-46(2)49(7,8)65-43(58-46)62(52(13,14)55(65,19)20)33-25-27-38-36(29-33)37-30-35(64-45-60-48(5,6)51(11,12)67(45)57(23,24)54(64,17)18)32-41-42(37)61(38)39-28-26-34(31-40(39)68-41)63-44-59-47(3,4)50(9,10)66(44)56(21,22)53(63,15)16/h25-32H,1-24H3. The lowest BCUT2D eigenvalue weighted by Gasteiger charge is -2.50. The van der Waals surface area contributed by atoms with Gasteiger partial charge < -0.3 is 38.7 Å². The van der Waals surface area contributed by atoms with Crippen LogP contribution in [0.2, 0.25) is 0 Å². The van der Waals surface area contributed by atoms with Gasteiger partial charge in [-0.25, -0.2) is 15.0 Å². The highest BCUT2D eigenvalue weighted by atomic mass is 16.5. The normalized spacial score (nSPS) is 27.6. The molecule has 7 aliphatic rings. The molecule has 0 spiro atoms. The summed E-state index contributed by atoms with van der Waals surface area (Å²) >= 11 is 0. The SMILES string of the molecule is CC1(C)N=C2N(c3ccc4c(c3)Oc3cc(N5C6=NC(C)(C)C(C)(C)N6C(C)(C)C5(C)C)cc5c6cc(N7C8=NC(C)(C)C(C)(C)N8C(C)(C)C7(C)C)ccc6n-4c35)C(C)(C)C(C)(C)N2C1(C)C. The third-order valence-electron chi connectivity index (χ3n) is 21.3. The Labute approximate surface area is 407 Å². The van der Waals surface area contributed by atoms with E-state index in [0.717, 1.165) is 68.5 Å². The van der Waals surface area contributed by atoms with Crippen LogP contribution in [0.5, 0.6) is 11.5 Å². The van der Waals surface area contributed by atoms with Crippen molar-refractivity contribution in [3.63, 3.8) is 0 Å². The molecule has 8 heterocycles. The highest BCUT2D eigenvalue weighted by Crippen LogP contribution is 2.59. The number of aromatic nitrogens is 1. The van der Waals surface area contributed by atoms with Crippen molar-refractivity contribution in [1.29, 1.82) is 0 Å². The Bertz CT molecular complexity index is 3050. The summed E-state index contributed by atoms with van der Waals surface area (Å²) < 4.78 is 9.84. The van der Waals surface area contributed by atoms with Gasteiger partial charge in [0.1, 0.15) is 0 Å². The molecule has 3 fully saturated rings. The van der Waals surface area contributed by atoms with E-state index in [4.69, 9.17) is 19.7 Å². The average Bonchev–Trinajstić information content (AvgIpc) is 3.85. The van der Waals surface area contributed by atoms with Crippen molar-refractivity contribution in [3.8, 4) is 17.2 Å². The molecule has 11 heteroatoms. The number of hydrogen-bond donors (Lipinski definition) is 0. The van der Waals surface area contributed by atoms with Gasteiger partial charge in [0.15, 0.2) is 11.5 Å². The lowest BCUT2D eigenvalue weighted by molar-refractivity contribution is 0.0528. The Morgan fingerprint density at radius 3 is 1.13 bits per heavy atom. The second-order valence-corrected chi connectivity index (χ2v) is 27.6. The molecule has 1 aromatic heterocycles. The number of rotatable bonds is 3. The quantitative estimate of drug-likeness (QED) is 0.178. The molecule has 0 N–H and O–H groups in total. The number of benzene rings is 3. The van der Waals surface area contributed by atoms with Gasteiger partial charge in [-0.15, -0.1) is 0 Å². The molecule has 0 amide bonds. The van der Waals surface area contributed by atoms with Crippen LogP contribution in [0.3, 0.4) is 0 Å². The van der Waals surface area contributed by atoms with E-state index < -0.39 is 0 Å². The van der Waals surface area contributed by atoms with Crippen molar-refractivity contribution < 1.29 is 4.74 Å². The maximum atomic E-state index is 7.38. The molecule has 3 saturated heterocycles. The maximum Gasteiger partial charge on any atom is 0.203 e. The van der Waals surface area contributed by atoms with Gasteiger partial charge in [0, 0.05) is 40.0 Å². The van der Waals surface area contributed by atoms with Gasteiger partial charge in [0.05, 0.1) is 83.2 Å². The van der Waals surface area contributed by atoms with Crippen molar-refractivity contribution in [2.75, 3.05) is 14.7 Å². The molecule has 4 aromatic rings. The molecule has 0 unspecified atom stereocenters. The molecule has 11 nitrogen and oxygen atoms in total. The fraction of sp³-hybridized carbons (Fsp3) is 0.632. The van der Waals surface area contributed by atoms with E-state index in [2.05, 4.69) is 249 Å². The summed E-state index contributed by atoms with van der Waals surface area (Å²) in [4.78, 5) is 31.9. The van der Waals surface area contributed by atoms with Crippen molar-refractivity contribution >= 4 is 56.7 Å². The van der Waals surface area contributed by atoms with Crippen LogP contribution in [0.4, 0.5) is 17.1 Å². The summed E-state index contributed by atoms with van der Waals surface area (Å²) in [7, 11) is 0. The lowest BCUT2D eigenvalue weighted by Crippen LogP contribution is -2.63. The van der Waals surface area contributed by atoms with Crippen molar-refractivity contribution in [2.45, 2.75) is 233 Å². The van der Waals surface area contributed by atoms with Gasteiger partial charge in [-0.1, -0.05) is 0 Å². The summed E-state index contributed by atoms with van der Waals surface area (Å²) in [6.45, 7) is 56.3. The number of fused-ring (bicyclic) bond motifs is 8. The highest BCUT2D eigenvalue weighted by Gasteiger charge is 2.69. The predicted molar refractivity (Wildman–Crippen MR) is 285 cm³/mol. The largest absolute Gasteiger partial charge is 0.453 e. The van der Waals surface area contributed by atoms with Gasteiger partial charge in [0.25, 0.3) is 0 Å². The molecule has 7 aliphatic heterocycles. The van der Waals surface area contributed by atoms with E-state index in [9.17, 15) is 0 Å². The minimum absolute atomic E-state index is 0.189.